The lowest BCUT2D eigenvalue weighted by Crippen LogP contribution is -2.33. The van der Waals surface area contributed by atoms with Crippen molar-refractivity contribution in [1.29, 1.82) is 0 Å². The summed E-state index contributed by atoms with van der Waals surface area (Å²) in [7, 11) is 0. The highest BCUT2D eigenvalue weighted by Crippen LogP contribution is 2.33. The first kappa shape index (κ1) is 13.8. The van der Waals surface area contributed by atoms with Crippen LogP contribution in [0.5, 0.6) is 0 Å². The van der Waals surface area contributed by atoms with Crippen molar-refractivity contribution in [2.75, 3.05) is 11.9 Å². The SMILES string of the molecule is Fc1cc2c(cc1F)SN=C(NCCc1ccncc1)N2. The van der Waals surface area contributed by atoms with E-state index in [1.54, 1.807) is 12.4 Å². The average Bonchev–Trinajstić information content (AvgIpc) is 2.50. The van der Waals surface area contributed by atoms with E-state index in [4.69, 9.17) is 0 Å². The first-order valence-electron chi connectivity index (χ1n) is 6.36. The number of guanidine groups is 1. The largest absolute Gasteiger partial charge is 0.355 e. The van der Waals surface area contributed by atoms with E-state index < -0.39 is 11.6 Å². The van der Waals surface area contributed by atoms with Crippen molar-refractivity contribution in [2.45, 2.75) is 11.3 Å². The van der Waals surface area contributed by atoms with E-state index in [2.05, 4.69) is 20.0 Å². The van der Waals surface area contributed by atoms with Gasteiger partial charge in [-0.15, -0.1) is 0 Å². The van der Waals surface area contributed by atoms with E-state index in [1.165, 1.54) is 0 Å². The van der Waals surface area contributed by atoms with Crippen LogP contribution in [0, 0.1) is 11.6 Å². The molecule has 2 N–H and O–H groups in total. The van der Waals surface area contributed by atoms with Gasteiger partial charge in [-0.2, -0.15) is 4.40 Å². The normalized spacial score (nSPS) is 13.1. The van der Waals surface area contributed by atoms with Crippen molar-refractivity contribution in [1.82, 2.24) is 10.3 Å². The molecule has 0 radical (unpaired) electrons. The summed E-state index contributed by atoms with van der Waals surface area (Å²) in [5.41, 5.74) is 1.68. The molecule has 0 spiro atoms. The van der Waals surface area contributed by atoms with E-state index in [-0.39, 0.29) is 0 Å². The zero-order valence-corrected chi connectivity index (χ0v) is 11.8. The van der Waals surface area contributed by atoms with Crippen LogP contribution >= 0.6 is 11.9 Å². The average molecular weight is 306 g/mol. The molecule has 1 aliphatic heterocycles. The molecule has 0 unspecified atom stereocenters. The van der Waals surface area contributed by atoms with Crippen molar-refractivity contribution in [3.8, 4) is 0 Å². The number of rotatable bonds is 3. The molecule has 0 amide bonds. The number of hydrogen-bond acceptors (Lipinski definition) is 5. The van der Waals surface area contributed by atoms with E-state index in [0.717, 1.165) is 36.1 Å². The molecule has 1 aromatic heterocycles. The fraction of sp³-hybridized carbons (Fsp3) is 0.143. The summed E-state index contributed by atoms with van der Waals surface area (Å²) in [4.78, 5) is 4.52. The third-order valence-corrected chi connectivity index (χ3v) is 3.77. The number of nitrogens with one attached hydrogen (secondary N) is 2. The fourth-order valence-electron chi connectivity index (χ4n) is 1.90. The molecule has 2 heterocycles. The second-order valence-corrected chi connectivity index (χ2v) is 5.26. The molecule has 1 aliphatic rings. The molecular weight excluding hydrogens is 294 g/mol. The summed E-state index contributed by atoms with van der Waals surface area (Å²) >= 11 is 1.11. The first-order valence-corrected chi connectivity index (χ1v) is 7.13. The van der Waals surface area contributed by atoms with Crippen LogP contribution < -0.4 is 10.6 Å². The van der Waals surface area contributed by atoms with E-state index in [9.17, 15) is 8.78 Å². The second-order valence-electron chi connectivity index (χ2n) is 4.45. The van der Waals surface area contributed by atoms with Crippen molar-refractivity contribution < 1.29 is 8.78 Å². The van der Waals surface area contributed by atoms with Gasteiger partial charge in [-0.25, -0.2) is 8.78 Å². The maximum atomic E-state index is 13.2. The van der Waals surface area contributed by atoms with Crippen LogP contribution in [0.25, 0.3) is 0 Å². The molecule has 0 aliphatic carbocycles. The molecule has 0 fully saturated rings. The molecule has 1 aromatic carbocycles. The Morgan fingerprint density at radius 3 is 2.71 bits per heavy atom. The number of aromatic nitrogens is 1. The molecular formula is C14H12F2N4S. The van der Waals surface area contributed by atoms with Crippen LogP contribution in [-0.2, 0) is 6.42 Å². The minimum absolute atomic E-state index is 0.514. The zero-order chi connectivity index (χ0) is 14.7. The van der Waals surface area contributed by atoms with Gasteiger partial charge in [0.05, 0.1) is 10.6 Å². The number of nitrogens with zero attached hydrogens (tertiary/aromatic N) is 2. The summed E-state index contributed by atoms with van der Waals surface area (Å²) in [6.45, 7) is 0.676. The predicted octanol–water partition coefficient (Wildman–Crippen LogP) is 2.98. The third kappa shape index (κ3) is 3.30. The maximum absolute atomic E-state index is 13.2. The highest BCUT2D eigenvalue weighted by molar-refractivity contribution is 7.98. The molecule has 0 bridgehead atoms. The van der Waals surface area contributed by atoms with E-state index in [1.807, 2.05) is 12.1 Å². The monoisotopic (exact) mass is 306 g/mol. The van der Waals surface area contributed by atoms with Crippen molar-refractivity contribution in [2.24, 2.45) is 4.40 Å². The van der Waals surface area contributed by atoms with Gasteiger partial charge in [-0.1, -0.05) is 0 Å². The van der Waals surface area contributed by atoms with Gasteiger partial charge < -0.3 is 10.6 Å². The Kier molecular flexibility index (Phi) is 4.01. The zero-order valence-electron chi connectivity index (χ0n) is 10.9. The molecule has 2 aromatic rings. The molecule has 7 heteroatoms. The van der Waals surface area contributed by atoms with Gasteiger partial charge in [0.15, 0.2) is 11.6 Å². The number of halogens is 2. The molecule has 0 saturated heterocycles. The van der Waals surface area contributed by atoms with Gasteiger partial charge in [0.1, 0.15) is 0 Å². The summed E-state index contributed by atoms with van der Waals surface area (Å²) in [6, 6.07) is 6.16. The fourth-order valence-corrected chi connectivity index (χ4v) is 2.56. The lowest BCUT2D eigenvalue weighted by atomic mass is 10.2. The quantitative estimate of drug-likeness (QED) is 0.856. The first-order chi connectivity index (χ1) is 10.2. The maximum Gasteiger partial charge on any atom is 0.207 e. The van der Waals surface area contributed by atoms with Crippen LogP contribution in [-0.4, -0.2) is 17.5 Å². The standard InChI is InChI=1S/C14H12F2N4S/c15-10-7-12-13(8-11(10)16)21-20-14(19-12)18-6-3-9-1-4-17-5-2-9/h1-2,4-5,7-8H,3,6H2,(H2,18,19,20). The molecule has 3 rings (SSSR count). The van der Waals surface area contributed by atoms with Gasteiger partial charge >= 0.3 is 0 Å². The van der Waals surface area contributed by atoms with Gasteiger partial charge in [-0.05, 0) is 30.2 Å². The van der Waals surface area contributed by atoms with Crippen LogP contribution in [0.1, 0.15) is 5.56 Å². The number of fused-ring (bicyclic) bond motifs is 1. The van der Waals surface area contributed by atoms with Crippen LogP contribution in [0.4, 0.5) is 14.5 Å². The van der Waals surface area contributed by atoms with Gasteiger partial charge in [0.2, 0.25) is 5.96 Å². The van der Waals surface area contributed by atoms with Gasteiger partial charge in [-0.3, -0.25) is 4.98 Å². The Morgan fingerprint density at radius 1 is 1.14 bits per heavy atom. The van der Waals surface area contributed by atoms with Crippen LogP contribution in [0.3, 0.4) is 0 Å². The minimum atomic E-state index is -0.875. The highest BCUT2D eigenvalue weighted by atomic mass is 32.2. The number of benzene rings is 1. The molecule has 4 nitrogen and oxygen atoms in total. The Hall–Kier alpha value is -2.15. The summed E-state index contributed by atoms with van der Waals surface area (Å²) in [5.74, 6) is -1.21. The van der Waals surface area contributed by atoms with Crippen molar-refractivity contribution in [3.05, 3.63) is 53.9 Å². The molecule has 0 atom stereocenters. The molecule has 0 saturated carbocycles. The predicted molar refractivity (Wildman–Crippen MR) is 79.2 cm³/mol. The Morgan fingerprint density at radius 2 is 1.90 bits per heavy atom. The van der Waals surface area contributed by atoms with Crippen LogP contribution in [0.15, 0.2) is 46.0 Å². The van der Waals surface area contributed by atoms with Crippen molar-refractivity contribution >= 4 is 23.6 Å². The Labute approximate surface area is 124 Å². The second kappa shape index (κ2) is 6.09. The minimum Gasteiger partial charge on any atom is -0.355 e. The highest BCUT2D eigenvalue weighted by Gasteiger charge is 2.16. The summed E-state index contributed by atoms with van der Waals surface area (Å²) in [5, 5.41) is 6.08. The lowest BCUT2D eigenvalue weighted by molar-refractivity contribution is 0.506. The topological polar surface area (TPSA) is 49.3 Å². The summed E-state index contributed by atoms with van der Waals surface area (Å²) in [6.07, 6.45) is 4.31. The number of hydrogen-bond donors (Lipinski definition) is 2. The summed E-state index contributed by atoms with van der Waals surface area (Å²) < 4.78 is 30.5. The molecule has 108 valence electrons. The number of pyridine rings is 1. The van der Waals surface area contributed by atoms with Gasteiger partial charge in [0, 0.05) is 37.0 Å². The Bertz CT molecular complexity index is 676. The Balaban J connectivity index is 1.59. The van der Waals surface area contributed by atoms with Crippen LogP contribution in [0.2, 0.25) is 0 Å². The molecule has 21 heavy (non-hydrogen) atoms. The third-order valence-electron chi connectivity index (χ3n) is 2.97. The van der Waals surface area contributed by atoms with E-state index >= 15 is 0 Å². The van der Waals surface area contributed by atoms with E-state index in [0.29, 0.717) is 23.1 Å². The lowest BCUT2D eigenvalue weighted by Gasteiger charge is -2.18. The number of anilines is 1. The van der Waals surface area contributed by atoms with Gasteiger partial charge in [0.25, 0.3) is 0 Å². The smallest absolute Gasteiger partial charge is 0.207 e. The van der Waals surface area contributed by atoms with Crippen molar-refractivity contribution in [3.63, 3.8) is 0 Å².